The Kier molecular flexibility index (Phi) is 5.32. The highest BCUT2D eigenvalue weighted by Crippen LogP contribution is 2.28. The summed E-state index contributed by atoms with van der Waals surface area (Å²) in [5.41, 5.74) is 1.89. The van der Waals surface area contributed by atoms with Crippen molar-refractivity contribution in [3.8, 4) is 0 Å². The van der Waals surface area contributed by atoms with Gasteiger partial charge in [-0.15, -0.1) is 0 Å². The highest BCUT2D eigenvalue weighted by Gasteiger charge is 2.23. The van der Waals surface area contributed by atoms with Gasteiger partial charge in [0.1, 0.15) is 0 Å². The second kappa shape index (κ2) is 7.22. The minimum Gasteiger partial charge on any atom is -0.478 e. The minimum atomic E-state index is -0.891. The first-order chi connectivity index (χ1) is 9.65. The molecule has 0 radical (unpaired) electrons. The van der Waals surface area contributed by atoms with Crippen LogP contribution in [0.5, 0.6) is 0 Å². The maximum absolute atomic E-state index is 10.6. The van der Waals surface area contributed by atoms with Gasteiger partial charge >= 0.3 is 5.97 Å². The molecule has 1 aliphatic rings. The summed E-state index contributed by atoms with van der Waals surface area (Å²) in [6.07, 6.45) is 3.48. The van der Waals surface area contributed by atoms with Crippen LogP contribution in [0.15, 0.2) is 42.0 Å². The van der Waals surface area contributed by atoms with Gasteiger partial charge in [-0.25, -0.2) is 4.79 Å². The molecule has 1 unspecified atom stereocenters. The fourth-order valence-electron chi connectivity index (χ4n) is 2.26. The highest BCUT2D eigenvalue weighted by molar-refractivity contribution is 5.80. The predicted octanol–water partition coefficient (Wildman–Crippen LogP) is 3.30. The molecule has 0 bridgehead atoms. The molecule has 1 aliphatic heterocycles. The quantitative estimate of drug-likeness (QED) is 0.838. The predicted molar refractivity (Wildman–Crippen MR) is 75.3 cm³/mol. The van der Waals surface area contributed by atoms with Gasteiger partial charge in [-0.05, 0) is 26.2 Å². The van der Waals surface area contributed by atoms with E-state index in [1.165, 1.54) is 6.08 Å². The summed E-state index contributed by atoms with van der Waals surface area (Å²) in [4.78, 5) is 10.6. The molecule has 4 nitrogen and oxygen atoms in total. The van der Waals surface area contributed by atoms with Gasteiger partial charge in [0.15, 0.2) is 6.29 Å². The van der Waals surface area contributed by atoms with Crippen molar-refractivity contribution >= 4 is 5.97 Å². The van der Waals surface area contributed by atoms with E-state index in [0.29, 0.717) is 6.61 Å². The zero-order valence-electron chi connectivity index (χ0n) is 11.6. The van der Waals surface area contributed by atoms with E-state index < -0.39 is 5.97 Å². The third kappa shape index (κ3) is 4.47. The number of benzene rings is 1. The van der Waals surface area contributed by atoms with Crippen LogP contribution in [0.4, 0.5) is 0 Å². The molecule has 1 aromatic carbocycles. The van der Waals surface area contributed by atoms with E-state index in [2.05, 4.69) is 0 Å². The molecule has 20 heavy (non-hydrogen) atoms. The lowest BCUT2D eigenvalue weighted by molar-refractivity contribution is -0.218. The average Bonchev–Trinajstić information content (AvgIpc) is 2.46. The van der Waals surface area contributed by atoms with Crippen LogP contribution < -0.4 is 0 Å². The molecule has 108 valence electrons. The maximum atomic E-state index is 10.6. The number of hydrogen-bond donors (Lipinski definition) is 1. The lowest BCUT2D eigenvalue weighted by Crippen LogP contribution is -2.27. The molecular weight excluding hydrogens is 256 g/mol. The van der Waals surface area contributed by atoms with E-state index in [1.807, 2.05) is 37.3 Å². The monoisotopic (exact) mass is 276 g/mol. The Morgan fingerprint density at radius 3 is 2.85 bits per heavy atom. The normalized spacial score (nSPS) is 23.6. The maximum Gasteiger partial charge on any atom is 0.328 e. The fourth-order valence-corrected chi connectivity index (χ4v) is 2.26. The number of rotatable bonds is 5. The Bertz CT molecular complexity index is 467. The summed E-state index contributed by atoms with van der Waals surface area (Å²) in [6, 6.07) is 9.87. The van der Waals surface area contributed by atoms with Crippen LogP contribution in [0.1, 0.15) is 38.0 Å². The van der Waals surface area contributed by atoms with Gasteiger partial charge < -0.3 is 14.6 Å². The van der Waals surface area contributed by atoms with Crippen molar-refractivity contribution in [1.29, 1.82) is 0 Å². The number of carbonyl (C=O) groups is 1. The first-order valence-corrected chi connectivity index (χ1v) is 6.87. The third-order valence-corrected chi connectivity index (χ3v) is 3.33. The largest absolute Gasteiger partial charge is 0.478 e. The average molecular weight is 276 g/mol. The Balaban J connectivity index is 1.86. The van der Waals surface area contributed by atoms with Crippen molar-refractivity contribution in [3.05, 3.63) is 47.5 Å². The minimum absolute atomic E-state index is 0.117. The summed E-state index contributed by atoms with van der Waals surface area (Å²) in [7, 11) is 0. The fraction of sp³-hybridized carbons (Fsp3) is 0.438. The number of carboxylic acid groups (broad SMARTS) is 1. The SMILES string of the molecule is C/C(=C\C(=O)O)CC[C@H]1CCOC(c2ccccc2)O1. The van der Waals surface area contributed by atoms with Crippen molar-refractivity contribution in [1.82, 2.24) is 0 Å². The van der Waals surface area contributed by atoms with Gasteiger partial charge in [0.2, 0.25) is 0 Å². The van der Waals surface area contributed by atoms with Gasteiger partial charge in [-0.1, -0.05) is 35.9 Å². The molecule has 1 N–H and O–H groups in total. The molecule has 1 saturated heterocycles. The molecule has 0 aliphatic carbocycles. The Morgan fingerprint density at radius 2 is 2.15 bits per heavy atom. The van der Waals surface area contributed by atoms with Crippen LogP contribution in [0.25, 0.3) is 0 Å². The molecule has 1 aromatic rings. The number of ether oxygens (including phenoxy) is 2. The van der Waals surface area contributed by atoms with Gasteiger partial charge in [-0.3, -0.25) is 0 Å². The topological polar surface area (TPSA) is 55.8 Å². The van der Waals surface area contributed by atoms with Crippen LogP contribution in [0.3, 0.4) is 0 Å². The van der Waals surface area contributed by atoms with Crippen molar-refractivity contribution < 1.29 is 19.4 Å². The summed E-state index contributed by atoms with van der Waals surface area (Å²) in [5.74, 6) is -0.891. The van der Waals surface area contributed by atoms with Crippen LogP contribution in [-0.2, 0) is 14.3 Å². The lowest BCUT2D eigenvalue weighted by atomic mass is 10.1. The molecular formula is C16H20O4. The van der Waals surface area contributed by atoms with Crippen LogP contribution >= 0.6 is 0 Å². The standard InChI is InChI=1S/C16H20O4/c1-12(11-15(17)18)7-8-14-9-10-19-16(20-14)13-5-3-2-4-6-13/h2-6,11,14,16H,7-10H2,1H3,(H,17,18)/b12-11+/t14-,16?/m0/s1. The van der Waals surface area contributed by atoms with E-state index in [9.17, 15) is 4.79 Å². The number of allylic oxidation sites excluding steroid dienone is 1. The van der Waals surface area contributed by atoms with Gasteiger partial charge in [0, 0.05) is 11.6 Å². The van der Waals surface area contributed by atoms with Crippen molar-refractivity contribution in [3.63, 3.8) is 0 Å². The number of carboxylic acids is 1. The molecule has 0 amide bonds. The zero-order chi connectivity index (χ0) is 14.4. The Labute approximate surface area is 119 Å². The van der Waals surface area contributed by atoms with Crippen LogP contribution in [0.2, 0.25) is 0 Å². The van der Waals surface area contributed by atoms with Crippen molar-refractivity contribution in [2.45, 2.75) is 38.6 Å². The molecule has 1 fully saturated rings. The summed E-state index contributed by atoms with van der Waals surface area (Å²) in [6.45, 7) is 2.51. The number of aliphatic carboxylic acids is 1. The molecule has 0 spiro atoms. The van der Waals surface area contributed by atoms with Crippen LogP contribution in [-0.4, -0.2) is 23.8 Å². The van der Waals surface area contributed by atoms with E-state index >= 15 is 0 Å². The van der Waals surface area contributed by atoms with E-state index in [1.54, 1.807) is 0 Å². The zero-order valence-corrected chi connectivity index (χ0v) is 11.6. The summed E-state index contributed by atoms with van der Waals surface area (Å²) >= 11 is 0. The van der Waals surface area contributed by atoms with Gasteiger partial charge in [0.05, 0.1) is 12.7 Å². The second-order valence-corrected chi connectivity index (χ2v) is 5.03. The molecule has 4 heteroatoms. The smallest absolute Gasteiger partial charge is 0.328 e. The van der Waals surface area contributed by atoms with Gasteiger partial charge in [0.25, 0.3) is 0 Å². The highest BCUT2D eigenvalue weighted by atomic mass is 16.7. The lowest BCUT2D eigenvalue weighted by Gasteiger charge is -2.30. The van der Waals surface area contributed by atoms with Crippen LogP contribution in [0, 0.1) is 0 Å². The van der Waals surface area contributed by atoms with E-state index in [-0.39, 0.29) is 12.4 Å². The van der Waals surface area contributed by atoms with Crippen molar-refractivity contribution in [2.24, 2.45) is 0 Å². The summed E-state index contributed by atoms with van der Waals surface area (Å²) < 4.78 is 11.6. The van der Waals surface area contributed by atoms with Gasteiger partial charge in [-0.2, -0.15) is 0 Å². The third-order valence-electron chi connectivity index (χ3n) is 3.33. The Morgan fingerprint density at radius 1 is 1.40 bits per heavy atom. The molecule has 2 rings (SSSR count). The Hall–Kier alpha value is -1.65. The molecule has 1 heterocycles. The molecule has 2 atom stereocenters. The molecule has 0 saturated carbocycles. The first kappa shape index (κ1) is 14.8. The number of hydrogen-bond acceptors (Lipinski definition) is 3. The second-order valence-electron chi connectivity index (χ2n) is 5.03. The van der Waals surface area contributed by atoms with E-state index in [0.717, 1.165) is 30.4 Å². The molecule has 0 aromatic heterocycles. The first-order valence-electron chi connectivity index (χ1n) is 6.87. The summed E-state index contributed by atoms with van der Waals surface area (Å²) in [5, 5.41) is 8.68. The van der Waals surface area contributed by atoms with E-state index in [4.69, 9.17) is 14.6 Å². The van der Waals surface area contributed by atoms with Crippen molar-refractivity contribution in [2.75, 3.05) is 6.61 Å².